The first-order chi connectivity index (χ1) is 9.90. The van der Waals surface area contributed by atoms with Gasteiger partial charge in [-0.1, -0.05) is 35.3 Å². The summed E-state index contributed by atoms with van der Waals surface area (Å²) >= 11 is 11.8. The number of cyclic esters (lactones) is 1. The summed E-state index contributed by atoms with van der Waals surface area (Å²) < 4.78 is 4.78. The highest BCUT2D eigenvalue weighted by Crippen LogP contribution is 2.26. The Bertz CT molecular complexity index is 689. The first kappa shape index (κ1) is 15.5. The number of hydrogen-bond acceptors (Lipinski definition) is 4. The van der Waals surface area contributed by atoms with Crippen LogP contribution in [0.4, 0.5) is 0 Å². The van der Waals surface area contributed by atoms with Crippen LogP contribution in [-0.4, -0.2) is 17.5 Å². The van der Waals surface area contributed by atoms with E-state index in [2.05, 4.69) is 0 Å². The van der Waals surface area contributed by atoms with Gasteiger partial charge in [0.15, 0.2) is 17.5 Å². The topological polar surface area (TPSA) is 60.4 Å². The minimum absolute atomic E-state index is 0.177. The molecule has 1 aromatic carbocycles. The van der Waals surface area contributed by atoms with E-state index in [0.717, 1.165) is 12.2 Å². The number of hydrogen-bond donors (Lipinski definition) is 0. The molecule has 0 bridgehead atoms. The fourth-order valence-corrected chi connectivity index (χ4v) is 2.19. The summed E-state index contributed by atoms with van der Waals surface area (Å²) in [4.78, 5) is 35.3. The molecule has 1 aliphatic rings. The number of carbonyl (C=O) groups excluding carboxylic acids is 3. The maximum Gasteiger partial charge on any atom is 0.329 e. The van der Waals surface area contributed by atoms with Gasteiger partial charge in [0.2, 0.25) is 0 Å². The summed E-state index contributed by atoms with van der Waals surface area (Å²) in [6, 6.07) is 4.94. The second kappa shape index (κ2) is 6.24. The van der Waals surface area contributed by atoms with Gasteiger partial charge in [-0.3, -0.25) is 14.4 Å². The summed E-state index contributed by atoms with van der Waals surface area (Å²) in [5, 5.41) is 0.634. The van der Waals surface area contributed by atoms with Gasteiger partial charge < -0.3 is 4.74 Å². The summed E-state index contributed by atoms with van der Waals surface area (Å²) in [5.41, 5.74) is 0.515. The summed E-state index contributed by atoms with van der Waals surface area (Å²) in [6.07, 6.45) is 3.66. The Morgan fingerprint density at radius 1 is 1.29 bits per heavy atom. The van der Waals surface area contributed by atoms with Crippen molar-refractivity contribution in [2.45, 2.75) is 6.92 Å². The average molecular weight is 325 g/mol. The Morgan fingerprint density at radius 3 is 2.67 bits per heavy atom. The fraction of sp³-hybridized carbons (Fsp3) is 0.133. The monoisotopic (exact) mass is 324 g/mol. The largest absolute Gasteiger partial charge is 0.430 e. The molecule has 1 atom stereocenters. The normalized spacial score (nSPS) is 18.6. The molecule has 0 unspecified atom stereocenters. The van der Waals surface area contributed by atoms with Crippen LogP contribution in [0.15, 0.2) is 36.1 Å². The van der Waals surface area contributed by atoms with Crippen LogP contribution in [0.2, 0.25) is 10.0 Å². The molecule has 0 aromatic heterocycles. The number of allylic oxidation sites excluding steroid dienone is 3. The van der Waals surface area contributed by atoms with Gasteiger partial charge in [0.1, 0.15) is 5.76 Å². The molecule has 6 heteroatoms. The summed E-state index contributed by atoms with van der Waals surface area (Å²) in [5.74, 6) is -3.40. The van der Waals surface area contributed by atoms with Gasteiger partial charge in [-0.05, 0) is 30.7 Å². The maximum absolute atomic E-state index is 12.0. The van der Waals surface area contributed by atoms with Crippen LogP contribution in [0.5, 0.6) is 0 Å². The minimum Gasteiger partial charge on any atom is -0.430 e. The van der Waals surface area contributed by atoms with Crippen molar-refractivity contribution in [3.63, 3.8) is 0 Å². The number of ketones is 2. The lowest BCUT2D eigenvalue weighted by Gasteiger charge is -2.15. The van der Waals surface area contributed by atoms with Crippen molar-refractivity contribution in [1.29, 1.82) is 0 Å². The zero-order valence-corrected chi connectivity index (χ0v) is 12.4. The van der Waals surface area contributed by atoms with Gasteiger partial charge in [-0.15, -0.1) is 0 Å². The van der Waals surface area contributed by atoms with Gasteiger partial charge in [-0.2, -0.15) is 0 Å². The van der Waals surface area contributed by atoms with Crippen molar-refractivity contribution >= 4 is 46.8 Å². The second-order valence-electron chi connectivity index (χ2n) is 4.39. The Hall–Kier alpha value is -1.91. The molecule has 4 nitrogen and oxygen atoms in total. The lowest BCUT2D eigenvalue weighted by Crippen LogP contribution is -2.34. The fourth-order valence-electron chi connectivity index (χ4n) is 1.82. The third-order valence-electron chi connectivity index (χ3n) is 2.82. The minimum atomic E-state index is -1.46. The van der Waals surface area contributed by atoms with Crippen LogP contribution in [0.1, 0.15) is 12.5 Å². The van der Waals surface area contributed by atoms with Gasteiger partial charge >= 0.3 is 5.97 Å². The molecular weight excluding hydrogens is 315 g/mol. The predicted molar refractivity (Wildman–Crippen MR) is 78.8 cm³/mol. The maximum atomic E-state index is 12.0. The van der Waals surface area contributed by atoms with Crippen LogP contribution in [0, 0.1) is 5.92 Å². The number of halogens is 2. The molecule has 0 spiro atoms. The number of benzene rings is 1. The summed E-state index contributed by atoms with van der Waals surface area (Å²) in [6.45, 7) is 1.47. The zero-order valence-electron chi connectivity index (χ0n) is 10.9. The van der Waals surface area contributed by atoms with Crippen LogP contribution in [0.25, 0.3) is 6.08 Å². The molecule has 21 heavy (non-hydrogen) atoms. The van der Waals surface area contributed by atoms with E-state index < -0.39 is 23.5 Å². The number of ether oxygens (including phenoxy) is 1. The van der Waals surface area contributed by atoms with E-state index in [1.54, 1.807) is 18.2 Å². The van der Waals surface area contributed by atoms with Crippen molar-refractivity contribution in [1.82, 2.24) is 0 Å². The Kier molecular flexibility index (Phi) is 4.60. The highest BCUT2D eigenvalue weighted by molar-refractivity contribution is 6.43. The van der Waals surface area contributed by atoms with Crippen molar-refractivity contribution in [2.24, 2.45) is 5.92 Å². The number of rotatable bonds is 3. The lowest BCUT2D eigenvalue weighted by atomic mass is 9.96. The second-order valence-corrected chi connectivity index (χ2v) is 5.18. The Morgan fingerprint density at radius 2 is 2.00 bits per heavy atom. The smallest absolute Gasteiger partial charge is 0.329 e. The van der Waals surface area contributed by atoms with E-state index in [4.69, 9.17) is 27.9 Å². The first-order valence-electron chi connectivity index (χ1n) is 6.00. The Labute approximate surface area is 131 Å². The molecule has 0 saturated heterocycles. The highest BCUT2D eigenvalue weighted by Gasteiger charge is 2.36. The molecule has 108 valence electrons. The van der Waals surface area contributed by atoms with Crippen LogP contribution in [0.3, 0.4) is 0 Å². The van der Waals surface area contributed by atoms with E-state index in [1.165, 1.54) is 13.0 Å². The molecule has 1 aromatic rings. The van der Waals surface area contributed by atoms with E-state index >= 15 is 0 Å². The van der Waals surface area contributed by atoms with E-state index in [9.17, 15) is 14.4 Å². The number of esters is 1. The molecule has 0 amide bonds. The van der Waals surface area contributed by atoms with Crippen molar-refractivity contribution in [2.75, 3.05) is 0 Å². The van der Waals surface area contributed by atoms with Gasteiger partial charge in [0.25, 0.3) is 0 Å². The van der Waals surface area contributed by atoms with E-state index in [-0.39, 0.29) is 10.8 Å². The lowest BCUT2D eigenvalue weighted by molar-refractivity contribution is -0.151. The van der Waals surface area contributed by atoms with E-state index in [1.807, 2.05) is 0 Å². The molecule has 1 heterocycles. The first-order valence-corrected chi connectivity index (χ1v) is 6.75. The highest BCUT2D eigenvalue weighted by atomic mass is 35.5. The SMILES string of the molecule is CC1=CC(=O)[C@@H](C(=O)/C=C/c2cccc(Cl)c2Cl)C(=O)O1. The quantitative estimate of drug-likeness (QED) is 0.486. The molecular formula is C15H10Cl2O4. The van der Waals surface area contributed by atoms with Crippen LogP contribution < -0.4 is 0 Å². The standard InChI is InChI=1S/C15H10Cl2O4/c1-8-7-12(19)13(15(20)21-8)11(18)6-5-9-3-2-4-10(16)14(9)17/h2-7,13H,1H3/b6-5+/t13-/m1/s1. The molecule has 0 aliphatic carbocycles. The predicted octanol–water partition coefficient (Wildman–Crippen LogP) is 3.22. The third-order valence-corrected chi connectivity index (χ3v) is 3.65. The van der Waals surface area contributed by atoms with Gasteiger partial charge in [0, 0.05) is 6.08 Å². The van der Waals surface area contributed by atoms with Gasteiger partial charge in [-0.25, -0.2) is 0 Å². The Balaban J connectivity index is 2.22. The molecule has 0 radical (unpaired) electrons. The van der Waals surface area contributed by atoms with E-state index in [0.29, 0.717) is 10.6 Å². The molecule has 0 N–H and O–H groups in total. The number of carbonyl (C=O) groups is 3. The summed E-state index contributed by atoms with van der Waals surface area (Å²) in [7, 11) is 0. The van der Waals surface area contributed by atoms with Gasteiger partial charge in [0.05, 0.1) is 10.0 Å². The zero-order chi connectivity index (χ0) is 15.6. The van der Waals surface area contributed by atoms with Crippen LogP contribution >= 0.6 is 23.2 Å². The average Bonchev–Trinajstić information content (AvgIpc) is 2.39. The van der Waals surface area contributed by atoms with Crippen molar-refractivity contribution in [3.8, 4) is 0 Å². The molecule has 0 fully saturated rings. The van der Waals surface area contributed by atoms with Crippen LogP contribution in [-0.2, 0) is 19.1 Å². The third kappa shape index (κ3) is 3.40. The van der Waals surface area contributed by atoms with Crippen molar-refractivity contribution < 1.29 is 19.1 Å². The molecule has 2 rings (SSSR count). The molecule has 0 saturated carbocycles. The molecule has 1 aliphatic heterocycles. The van der Waals surface area contributed by atoms with Crippen molar-refractivity contribution in [3.05, 3.63) is 51.7 Å².